The number of rotatable bonds is 5. The number of fused-ring (bicyclic) bond motifs is 11. The molecule has 0 N–H and O–H groups in total. The summed E-state index contributed by atoms with van der Waals surface area (Å²) in [4.78, 5) is 12.4. The Bertz CT molecular complexity index is 3620. The lowest BCUT2D eigenvalue weighted by atomic mass is 9.35. The molecule has 0 saturated carbocycles. The van der Waals surface area contributed by atoms with E-state index in [1.165, 1.54) is 44.5 Å². The van der Waals surface area contributed by atoms with Crippen molar-refractivity contribution >= 4 is 132 Å². The van der Waals surface area contributed by atoms with Crippen LogP contribution in [-0.4, -0.2) is 13.4 Å². The van der Waals surface area contributed by atoms with Gasteiger partial charge in [-0.3, -0.25) is 0 Å². The highest BCUT2D eigenvalue weighted by atomic mass is 16.3. The van der Waals surface area contributed by atoms with E-state index < -0.39 is 0 Å². The van der Waals surface area contributed by atoms with Crippen LogP contribution in [0.3, 0.4) is 0 Å². The van der Waals surface area contributed by atoms with Crippen LogP contribution in [0, 0.1) is 6.92 Å². The quantitative estimate of drug-likeness (QED) is 0.160. The zero-order valence-corrected chi connectivity index (χ0v) is 36.6. The fraction of sp³-hybridized carbons (Fsp3) is 0.0169. The molecule has 10 aromatic rings. The van der Waals surface area contributed by atoms with E-state index in [9.17, 15) is 0 Å². The summed E-state index contributed by atoms with van der Waals surface area (Å²) in [6.45, 7) is 1.90. The van der Waals surface area contributed by atoms with E-state index in [1.54, 1.807) is 0 Å². The Morgan fingerprint density at radius 2 is 0.701 bits per heavy atom. The van der Waals surface area contributed by atoms with E-state index in [4.69, 9.17) is 4.42 Å². The number of benzene rings is 9. The molecule has 312 valence electrons. The Morgan fingerprint density at radius 1 is 0.343 bits per heavy atom. The Labute approximate surface area is 390 Å². The van der Waals surface area contributed by atoms with Gasteiger partial charge in [-0.2, -0.15) is 0 Å². The van der Waals surface area contributed by atoms with Crippen molar-refractivity contribution in [1.29, 1.82) is 0 Å². The third-order valence-electron chi connectivity index (χ3n) is 14.5. The molecule has 5 aliphatic rings. The van der Waals surface area contributed by atoms with Gasteiger partial charge in [-0.05, 0) is 131 Å². The number of furan rings is 1. The molecule has 0 amide bonds. The van der Waals surface area contributed by atoms with Gasteiger partial charge in [-0.25, -0.2) is 0 Å². The van der Waals surface area contributed by atoms with Crippen LogP contribution in [0.15, 0.2) is 223 Å². The zero-order valence-electron chi connectivity index (χ0n) is 36.6. The summed E-state index contributed by atoms with van der Waals surface area (Å²) >= 11 is 0. The third kappa shape index (κ3) is 4.96. The molecule has 1 aromatic heterocycles. The van der Waals surface area contributed by atoms with Crippen molar-refractivity contribution in [2.45, 2.75) is 6.92 Å². The van der Waals surface area contributed by atoms with E-state index in [0.717, 1.165) is 79.6 Å². The van der Waals surface area contributed by atoms with Crippen LogP contribution in [0.2, 0.25) is 0 Å². The topological polar surface area (TPSA) is 29.3 Å². The number of hydrogen-bond donors (Lipinski definition) is 0. The average Bonchev–Trinajstić information content (AvgIpc) is 3.77. The van der Waals surface area contributed by atoms with Crippen molar-refractivity contribution in [3.05, 3.63) is 224 Å². The molecule has 67 heavy (non-hydrogen) atoms. The molecular formula is C59H39B2N5O. The summed E-state index contributed by atoms with van der Waals surface area (Å²) in [6.07, 6.45) is 0. The van der Waals surface area contributed by atoms with Gasteiger partial charge in [0.05, 0.1) is 28.4 Å². The number of anilines is 15. The molecule has 0 spiro atoms. The first-order valence-corrected chi connectivity index (χ1v) is 23.2. The van der Waals surface area contributed by atoms with Gasteiger partial charge in [0.1, 0.15) is 11.4 Å². The van der Waals surface area contributed by atoms with Crippen molar-refractivity contribution in [3.63, 3.8) is 0 Å². The van der Waals surface area contributed by atoms with Crippen molar-refractivity contribution < 1.29 is 4.42 Å². The molecule has 9 aromatic carbocycles. The lowest BCUT2D eigenvalue weighted by Crippen LogP contribution is -2.61. The smallest absolute Gasteiger partial charge is 0.297 e. The number of aryl methyl sites for hydroxylation is 1. The van der Waals surface area contributed by atoms with Gasteiger partial charge in [0.2, 0.25) is 0 Å². The summed E-state index contributed by atoms with van der Waals surface area (Å²) in [7, 11) is 0. The second kappa shape index (κ2) is 13.7. The van der Waals surface area contributed by atoms with Gasteiger partial charge in [0, 0.05) is 56.9 Å². The maximum Gasteiger partial charge on any atom is 0.297 e. The summed E-state index contributed by atoms with van der Waals surface area (Å²) in [5.74, 6) is 0. The Balaban J connectivity index is 1.07. The maximum absolute atomic E-state index is 7.85. The second-order valence-corrected chi connectivity index (χ2v) is 18.1. The van der Waals surface area contributed by atoms with Crippen LogP contribution < -0.4 is 57.7 Å². The minimum Gasteiger partial charge on any atom is -0.480 e. The number of hydrogen-bond acceptors (Lipinski definition) is 6. The lowest BCUT2D eigenvalue weighted by molar-refractivity contribution is 0.634. The predicted molar refractivity (Wildman–Crippen MR) is 280 cm³/mol. The van der Waals surface area contributed by atoms with Crippen molar-refractivity contribution in [2.24, 2.45) is 0 Å². The van der Waals surface area contributed by atoms with E-state index in [2.05, 4.69) is 250 Å². The molecule has 6 nitrogen and oxygen atoms in total. The highest BCUT2D eigenvalue weighted by Gasteiger charge is 2.55. The molecule has 0 fully saturated rings. The second-order valence-electron chi connectivity index (χ2n) is 18.1. The van der Waals surface area contributed by atoms with E-state index in [-0.39, 0.29) is 13.4 Å². The molecular weight excluding hydrogens is 816 g/mol. The number of para-hydroxylation sites is 8. The average molecular weight is 856 g/mol. The molecule has 6 heterocycles. The minimum absolute atomic E-state index is 0.143. The molecule has 5 aliphatic heterocycles. The van der Waals surface area contributed by atoms with Crippen LogP contribution in [0.1, 0.15) is 5.56 Å². The van der Waals surface area contributed by atoms with Crippen molar-refractivity contribution in [2.75, 3.05) is 24.5 Å². The number of nitrogens with zero attached hydrogens (tertiary/aromatic N) is 5. The first-order chi connectivity index (χ1) is 33.2. The maximum atomic E-state index is 7.85. The molecule has 0 radical (unpaired) electrons. The molecule has 0 bridgehead atoms. The molecule has 0 saturated heterocycles. The fourth-order valence-corrected chi connectivity index (χ4v) is 12.0. The summed E-state index contributed by atoms with van der Waals surface area (Å²) in [5, 5.41) is 0. The highest BCUT2D eigenvalue weighted by Crippen LogP contribution is 2.58. The monoisotopic (exact) mass is 855 g/mol. The SMILES string of the molecule is Cc1cc2c3c(c1)N1c4ccccc4N4c5cc(N(c6ccccc6)c6ccccc6)cc6c5B(c5ccccc5N6c5ccccc5)c5oc(c1c54)B3c1ccccc1N2c1ccccc1. The van der Waals surface area contributed by atoms with Crippen molar-refractivity contribution in [3.8, 4) is 0 Å². The van der Waals surface area contributed by atoms with Crippen molar-refractivity contribution in [1.82, 2.24) is 0 Å². The van der Waals surface area contributed by atoms with Gasteiger partial charge in [0.15, 0.2) is 0 Å². The van der Waals surface area contributed by atoms with Gasteiger partial charge >= 0.3 is 0 Å². The first kappa shape index (κ1) is 36.7. The summed E-state index contributed by atoms with van der Waals surface area (Å²) < 4.78 is 7.85. The first-order valence-electron chi connectivity index (χ1n) is 23.2. The summed E-state index contributed by atoms with van der Waals surface area (Å²) in [5.41, 5.74) is 25.0. The van der Waals surface area contributed by atoms with Gasteiger partial charge in [0.25, 0.3) is 13.4 Å². The van der Waals surface area contributed by atoms with E-state index in [0.29, 0.717) is 0 Å². The standard InChI is InChI=1S/C59H39B2N5O/c1-38-34-50-54-51(35-38)65-48-32-18-19-33-49(48)66-53-37-43(62(39-20-6-2-7-21-39)40-22-8-3-9-23-40)36-52-55(53)61(45-29-15-17-31-47(45)64(52)42-26-12-5-13-27-42)59-57(66)56(65)58(67-59)60(54)44-28-14-16-30-46(44)63(50)41-24-10-4-11-25-41/h2-37H,1H3. The minimum atomic E-state index is -0.190. The Kier molecular flexibility index (Phi) is 7.51. The largest absolute Gasteiger partial charge is 0.480 e. The fourth-order valence-electron chi connectivity index (χ4n) is 12.0. The van der Waals surface area contributed by atoms with Crippen LogP contribution >= 0.6 is 0 Å². The van der Waals surface area contributed by atoms with Gasteiger partial charge in [-0.1, -0.05) is 121 Å². The zero-order chi connectivity index (χ0) is 43.9. The van der Waals surface area contributed by atoms with E-state index in [1.807, 2.05) is 0 Å². The third-order valence-corrected chi connectivity index (χ3v) is 14.5. The van der Waals surface area contributed by atoms with Gasteiger partial charge in [-0.15, -0.1) is 0 Å². The normalized spacial score (nSPS) is 13.9. The van der Waals surface area contributed by atoms with Crippen LogP contribution in [0.5, 0.6) is 0 Å². The highest BCUT2D eigenvalue weighted by molar-refractivity contribution is 7.02. The van der Waals surface area contributed by atoms with Crippen LogP contribution in [0.4, 0.5) is 85.3 Å². The Morgan fingerprint density at radius 3 is 1.16 bits per heavy atom. The lowest BCUT2D eigenvalue weighted by Gasteiger charge is -2.48. The van der Waals surface area contributed by atoms with Crippen LogP contribution in [-0.2, 0) is 0 Å². The van der Waals surface area contributed by atoms with Crippen LogP contribution in [0.25, 0.3) is 0 Å². The Hall–Kier alpha value is -8.61. The molecule has 15 rings (SSSR count). The predicted octanol–water partition coefficient (Wildman–Crippen LogP) is 11.5. The summed E-state index contributed by atoms with van der Waals surface area (Å²) in [6, 6.07) is 79.7. The molecule has 0 atom stereocenters. The molecule has 0 aliphatic carbocycles. The molecule has 8 heteroatoms. The molecule has 0 unspecified atom stereocenters. The van der Waals surface area contributed by atoms with E-state index >= 15 is 0 Å². The van der Waals surface area contributed by atoms with Gasteiger partial charge < -0.3 is 28.9 Å².